The number of benzene rings is 1. The maximum atomic E-state index is 12.0. The monoisotopic (exact) mass is 253 g/mol. The maximum absolute atomic E-state index is 12.0. The van der Waals surface area contributed by atoms with E-state index in [1.807, 2.05) is 47.5 Å². The summed E-state index contributed by atoms with van der Waals surface area (Å²) >= 11 is 0. The standard InChI is InChI=1S/C15H15N3O/c1-2-12-9-15(19)17(11-12)13-5-3-6-14(10-13)18-8-4-7-16-18/h2-8,10,12H,1,9,11H2. The molecular weight excluding hydrogens is 238 g/mol. The van der Waals surface area contributed by atoms with Gasteiger partial charge in [-0.3, -0.25) is 4.79 Å². The fourth-order valence-electron chi connectivity index (χ4n) is 2.37. The van der Waals surface area contributed by atoms with Crippen molar-refractivity contribution in [2.75, 3.05) is 11.4 Å². The predicted octanol–water partition coefficient (Wildman–Crippen LogP) is 2.41. The minimum absolute atomic E-state index is 0.155. The number of hydrogen-bond donors (Lipinski definition) is 0. The van der Waals surface area contributed by atoms with Gasteiger partial charge in [-0.2, -0.15) is 5.10 Å². The Morgan fingerprint density at radius 1 is 1.32 bits per heavy atom. The van der Waals surface area contributed by atoms with Gasteiger partial charge in [-0.1, -0.05) is 12.1 Å². The molecule has 4 nitrogen and oxygen atoms in total. The molecular formula is C15H15N3O. The second-order valence-electron chi connectivity index (χ2n) is 4.67. The first-order valence-electron chi connectivity index (χ1n) is 6.31. The van der Waals surface area contributed by atoms with Crippen LogP contribution in [0.1, 0.15) is 6.42 Å². The second kappa shape index (κ2) is 4.72. The summed E-state index contributed by atoms with van der Waals surface area (Å²) in [6.45, 7) is 4.48. The van der Waals surface area contributed by atoms with Gasteiger partial charge in [0, 0.05) is 37.0 Å². The third kappa shape index (κ3) is 2.17. The van der Waals surface area contributed by atoms with Crippen molar-refractivity contribution in [2.24, 2.45) is 5.92 Å². The summed E-state index contributed by atoms with van der Waals surface area (Å²) in [5.41, 5.74) is 1.87. The van der Waals surface area contributed by atoms with Crippen molar-refractivity contribution < 1.29 is 4.79 Å². The molecule has 2 heterocycles. The normalized spacial score (nSPS) is 18.8. The molecule has 4 heteroatoms. The predicted molar refractivity (Wildman–Crippen MR) is 74.2 cm³/mol. The van der Waals surface area contributed by atoms with Crippen LogP contribution in [0, 0.1) is 5.92 Å². The number of carbonyl (C=O) groups excluding carboxylic acids is 1. The van der Waals surface area contributed by atoms with Gasteiger partial charge in [-0.25, -0.2) is 4.68 Å². The molecule has 0 bridgehead atoms. The van der Waals surface area contributed by atoms with Gasteiger partial charge in [0.05, 0.1) is 5.69 Å². The molecule has 1 aliphatic rings. The summed E-state index contributed by atoms with van der Waals surface area (Å²) in [5.74, 6) is 0.406. The Kier molecular flexibility index (Phi) is 2.91. The van der Waals surface area contributed by atoms with E-state index in [1.165, 1.54) is 0 Å². The van der Waals surface area contributed by atoms with Crippen LogP contribution in [0.5, 0.6) is 0 Å². The van der Waals surface area contributed by atoms with Gasteiger partial charge in [-0.05, 0) is 24.3 Å². The van der Waals surface area contributed by atoms with E-state index in [1.54, 1.807) is 10.9 Å². The van der Waals surface area contributed by atoms with Gasteiger partial charge < -0.3 is 4.90 Å². The van der Waals surface area contributed by atoms with E-state index in [0.717, 1.165) is 11.4 Å². The molecule has 1 amide bonds. The average molecular weight is 253 g/mol. The highest BCUT2D eigenvalue weighted by Crippen LogP contribution is 2.26. The molecule has 19 heavy (non-hydrogen) atoms. The lowest BCUT2D eigenvalue weighted by atomic mass is 10.1. The molecule has 0 N–H and O–H groups in total. The molecule has 96 valence electrons. The number of hydrogen-bond acceptors (Lipinski definition) is 2. The molecule has 0 spiro atoms. The molecule has 0 saturated carbocycles. The average Bonchev–Trinajstić information content (AvgIpc) is 3.08. The molecule has 1 unspecified atom stereocenters. The molecule has 1 aromatic heterocycles. The van der Waals surface area contributed by atoms with E-state index in [4.69, 9.17) is 0 Å². The van der Waals surface area contributed by atoms with E-state index in [2.05, 4.69) is 11.7 Å². The third-order valence-corrected chi connectivity index (χ3v) is 3.40. The Hall–Kier alpha value is -2.36. The molecule has 1 aromatic carbocycles. The van der Waals surface area contributed by atoms with E-state index >= 15 is 0 Å². The van der Waals surface area contributed by atoms with E-state index in [-0.39, 0.29) is 11.8 Å². The largest absolute Gasteiger partial charge is 0.312 e. The summed E-state index contributed by atoms with van der Waals surface area (Å²) in [6.07, 6.45) is 6.03. The lowest BCUT2D eigenvalue weighted by Crippen LogP contribution is -2.24. The Labute approximate surface area is 112 Å². The fourth-order valence-corrected chi connectivity index (χ4v) is 2.37. The molecule has 1 saturated heterocycles. The number of aromatic nitrogens is 2. The van der Waals surface area contributed by atoms with Crippen molar-refractivity contribution in [3.05, 3.63) is 55.4 Å². The zero-order valence-corrected chi connectivity index (χ0v) is 10.6. The summed E-state index contributed by atoms with van der Waals surface area (Å²) in [7, 11) is 0. The third-order valence-electron chi connectivity index (χ3n) is 3.40. The smallest absolute Gasteiger partial charge is 0.227 e. The first-order chi connectivity index (χ1) is 9.28. The van der Waals surface area contributed by atoms with Crippen molar-refractivity contribution in [1.29, 1.82) is 0 Å². The van der Waals surface area contributed by atoms with Crippen molar-refractivity contribution >= 4 is 11.6 Å². The van der Waals surface area contributed by atoms with Crippen LogP contribution >= 0.6 is 0 Å². The summed E-state index contributed by atoms with van der Waals surface area (Å²) < 4.78 is 1.79. The zero-order chi connectivity index (χ0) is 13.2. The van der Waals surface area contributed by atoms with Crippen LogP contribution in [0.4, 0.5) is 5.69 Å². The van der Waals surface area contributed by atoms with Gasteiger partial charge in [-0.15, -0.1) is 6.58 Å². The Morgan fingerprint density at radius 3 is 2.84 bits per heavy atom. The minimum Gasteiger partial charge on any atom is -0.312 e. The van der Waals surface area contributed by atoms with Crippen LogP contribution in [0.2, 0.25) is 0 Å². The van der Waals surface area contributed by atoms with Gasteiger partial charge in [0.1, 0.15) is 0 Å². The van der Waals surface area contributed by atoms with Crippen LogP contribution in [0.15, 0.2) is 55.4 Å². The second-order valence-corrected chi connectivity index (χ2v) is 4.67. The molecule has 0 radical (unpaired) electrons. The first kappa shape index (κ1) is 11.7. The number of rotatable bonds is 3. The lowest BCUT2D eigenvalue weighted by Gasteiger charge is -2.17. The first-order valence-corrected chi connectivity index (χ1v) is 6.31. The highest BCUT2D eigenvalue weighted by Gasteiger charge is 2.28. The molecule has 1 atom stereocenters. The van der Waals surface area contributed by atoms with E-state index in [0.29, 0.717) is 13.0 Å². The Morgan fingerprint density at radius 2 is 2.16 bits per heavy atom. The van der Waals surface area contributed by atoms with E-state index in [9.17, 15) is 4.79 Å². The van der Waals surface area contributed by atoms with Crippen molar-refractivity contribution in [2.45, 2.75) is 6.42 Å². The van der Waals surface area contributed by atoms with Crippen molar-refractivity contribution in [3.63, 3.8) is 0 Å². The summed E-state index contributed by atoms with van der Waals surface area (Å²) in [6, 6.07) is 9.73. The van der Waals surface area contributed by atoms with Crippen molar-refractivity contribution in [1.82, 2.24) is 9.78 Å². The van der Waals surface area contributed by atoms with Crippen LogP contribution < -0.4 is 4.90 Å². The highest BCUT2D eigenvalue weighted by atomic mass is 16.2. The molecule has 1 fully saturated rings. The minimum atomic E-state index is 0.155. The van der Waals surface area contributed by atoms with Gasteiger partial charge >= 0.3 is 0 Å². The number of anilines is 1. The highest BCUT2D eigenvalue weighted by molar-refractivity contribution is 5.96. The van der Waals surface area contributed by atoms with Crippen LogP contribution in [0.3, 0.4) is 0 Å². The van der Waals surface area contributed by atoms with Gasteiger partial charge in [0.15, 0.2) is 0 Å². The lowest BCUT2D eigenvalue weighted by molar-refractivity contribution is -0.117. The molecule has 2 aromatic rings. The summed E-state index contributed by atoms with van der Waals surface area (Å²) in [4.78, 5) is 13.8. The van der Waals surface area contributed by atoms with E-state index < -0.39 is 0 Å². The fraction of sp³-hybridized carbons (Fsp3) is 0.200. The Bertz CT molecular complexity index is 604. The molecule has 1 aliphatic heterocycles. The maximum Gasteiger partial charge on any atom is 0.227 e. The number of carbonyl (C=O) groups is 1. The number of nitrogens with zero attached hydrogens (tertiary/aromatic N) is 3. The van der Waals surface area contributed by atoms with Crippen LogP contribution in [-0.2, 0) is 4.79 Å². The van der Waals surface area contributed by atoms with Crippen LogP contribution in [-0.4, -0.2) is 22.2 Å². The van der Waals surface area contributed by atoms with Gasteiger partial charge in [0.2, 0.25) is 5.91 Å². The topological polar surface area (TPSA) is 38.1 Å². The van der Waals surface area contributed by atoms with Gasteiger partial charge in [0.25, 0.3) is 0 Å². The molecule has 3 rings (SSSR count). The van der Waals surface area contributed by atoms with Crippen LogP contribution in [0.25, 0.3) is 5.69 Å². The quantitative estimate of drug-likeness (QED) is 0.788. The zero-order valence-electron chi connectivity index (χ0n) is 10.6. The Balaban J connectivity index is 1.92. The van der Waals surface area contributed by atoms with Crippen molar-refractivity contribution in [3.8, 4) is 5.69 Å². The summed E-state index contributed by atoms with van der Waals surface area (Å²) in [5, 5.41) is 4.20. The number of amides is 1. The molecule has 0 aliphatic carbocycles. The SMILES string of the molecule is C=CC1CC(=O)N(c2cccc(-n3cccn3)c2)C1.